The van der Waals surface area contributed by atoms with Crippen molar-refractivity contribution in [3.63, 3.8) is 0 Å². The molecule has 4 rings (SSSR count). The topological polar surface area (TPSA) is 90.5 Å². The van der Waals surface area contributed by atoms with Crippen LogP contribution in [0, 0.1) is 6.92 Å². The Hall–Kier alpha value is -3.13. The number of rotatable bonds is 4. The Morgan fingerprint density at radius 2 is 2.07 bits per heavy atom. The molecule has 0 fully saturated rings. The lowest BCUT2D eigenvalue weighted by atomic mass is 10.1. The maximum Gasteiger partial charge on any atom is 0.348 e. The monoisotopic (exact) mass is 398 g/mol. The number of esters is 1. The number of ether oxygens (including phenoxy) is 3. The average molecular weight is 398 g/mol. The van der Waals surface area contributed by atoms with Gasteiger partial charge in [0.05, 0.1) is 12.0 Å². The molecule has 0 atom stereocenters. The second kappa shape index (κ2) is 7.47. The first kappa shape index (κ1) is 18.2. The number of carbonyl (C=O) groups excluding carboxylic acids is 1. The van der Waals surface area contributed by atoms with Crippen molar-refractivity contribution in [1.29, 1.82) is 0 Å². The van der Waals surface area contributed by atoms with E-state index in [0.717, 1.165) is 22.6 Å². The van der Waals surface area contributed by atoms with Gasteiger partial charge in [-0.1, -0.05) is 12.1 Å². The maximum atomic E-state index is 12.5. The number of nitrogens with one attached hydrogen (secondary N) is 1. The maximum absolute atomic E-state index is 12.5. The summed E-state index contributed by atoms with van der Waals surface area (Å²) in [5.74, 6) is 1.38. The van der Waals surface area contributed by atoms with Gasteiger partial charge >= 0.3 is 5.97 Å². The first-order valence-electron chi connectivity index (χ1n) is 8.85. The number of aromatic nitrogens is 2. The summed E-state index contributed by atoms with van der Waals surface area (Å²) in [5.41, 5.74) is 1.20. The molecule has 0 radical (unpaired) electrons. The molecule has 0 saturated carbocycles. The van der Waals surface area contributed by atoms with Crippen LogP contribution in [0.15, 0.2) is 23.0 Å². The highest BCUT2D eigenvalue weighted by molar-refractivity contribution is 7.20. The zero-order chi connectivity index (χ0) is 19.7. The molecular formula is C20H18N2O5S. The number of hydrogen-bond donors (Lipinski definition) is 1. The van der Waals surface area contributed by atoms with Gasteiger partial charge in [-0.15, -0.1) is 11.3 Å². The Morgan fingerprint density at radius 1 is 1.29 bits per heavy atom. The Kier molecular flexibility index (Phi) is 4.87. The molecular weight excluding hydrogens is 380 g/mol. The molecule has 3 aromatic rings. The van der Waals surface area contributed by atoms with Crippen molar-refractivity contribution in [1.82, 2.24) is 9.97 Å². The molecule has 144 valence electrons. The van der Waals surface area contributed by atoms with E-state index in [4.69, 9.17) is 14.2 Å². The van der Waals surface area contributed by atoms with Crippen LogP contribution in [0.1, 0.15) is 33.5 Å². The molecule has 1 aliphatic rings. The molecule has 0 aliphatic carbocycles. The zero-order valence-corrected chi connectivity index (χ0v) is 16.2. The van der Waals surface area contributed by atoms with Crippen LogP contribution in [0.25, 0.3) is 22.4 Å². The SMILES string of the molecule is CCOC(=O)c1sc2nc(C=Cc3ccc4c(c3)OCCO4)[nH]c(=O)c2c1C. The second-order valence-electron chi connectivity index (χ2n) is 6.14. The molecule has 1 aromatic carbocycles. The van der Waals surface area contributed by atoms with Crippen molar-refractivity contribution in [3.8, 4) is 11.5 Å². The Morgan fingerprint density at radius 3 is 2.86 bits per heavy atom. The molecule has 7 nitrogen and oxygen atoms in total. The number of aryl methyl sites for hydroxylation is 1. The molecule has 3 heterocycles. The van der Waals surface area contributed by atoms with Gasteiger partial charge in [-0.2, -0.15) is 0 Å². The highest BCUT2D eigenvalue weighted by Crippen LogP contribution is 2.31. The summed E-state index contributed by atoms with van der Waals surface area (Å²) in [6, 6.07) is 5.62. The van der Waals surface area contributed by atoms with Crippen LogP contribution in [-0.4, -0.2) is 35.8 Å². The van der Waals surface area contributed by atoms with Crippen LogP contribution >= 0.6 is 11.3 Å². The Bertz CT molecular complexity index is 1150. The summed E-state index contributed by atoms with van der Waals surface area (Å²) >= 11 is 1.16. The van der Waals surface area contributed by atoms with Crippen molar-refractivity contribution in [2.45, 2.75) is 13.8 Å². The van der Waals surface area contributed by atoms with Gasteiger partial charge in [0.2, 0.25) is 0 Å². The van der Waals surface area contributed by atoms with Gasteiger partial charge in [-0.05, 0) is 43.2 Å². The molecule has 0 unspecified atom stereocenters. The van der Waals surface area contributed by atoms with Crippen LogP contribution < -0.4 is 15.0 Å². The zero-order valence-electron chi connectivity index (χ0n) is 15.4. The predicted octanol–water partition coefficient (Wildman–Crippen LogP) is 3.41. The number of carbonyl (C=O) groups is 1. The third-order valence-electron chi connectivity index (χ3n) is 4.28. The van der Waals surface area contributed by atoms with E-state index in [0.29, 0.717) is 45.4 Å². The van der Waals surface area contributed by atoms with Gasteiger partial charge < -0.3 is 19.2 Å². The molecule has 1 aliphatic heterocycles. The summed E-state index contributed by atoms with van der Waals surface area (Å²) in [4.78, 5) is 32.7. The minimum Gasteiger partial charge on any atom is -0.486 e. The molecule has 2 aromatic heterocycles. The summed E-state index contributed by atoms with van der Waals surface area (Å²) < 4.78 is 16.1. The number of thiophene rings is 1. The number of nitrogens with zero attached hydrogens (tertiary/aromatic N) is 1. The molecule has 0 amide bonds. The molecule has 1 N–H and O–H groups in total. The van der Waals surface area contributed by atoms with Gasteiger partial charge in [0, 0.05) is 0 Å². The number of benzene rings is 1. The van der Waals surface area contributed by atoms with Crippen molar-refractivity contribution in [3.05, 3.63) is 50.4 Å². The predicted molar refractivity (Wildman–Crippen MR) is 107 cm³/mol. The number of H-pyrrole nitrogens is 1. The lowest BCUT2D eigenvalue weighted by Gasteiger charge is -2.18. The molecule has 8 heteroatoms. The first-order chi connectivity index (χ1) is 13.6. The van der Waals surface area contributed by atoms with Crippen LogP contribution in [-0.2, 0) is 4.74 Å². The second-order valence-corrected chi connectivity index (χ2v) is 7.14. The van der Waals surface area contributed by atoms with Gasteiger partial charge in [-0.25, -0.2) is 9.78 Å². The number of fused-ring (bicyclic) bond motifs is 2. The van der Waals surface area contributed by atoms with E-state index in [1.54, 1.807) is 19.9 Å². The highest BCUT2D eigenvalue weighted by Gasteiger charge is 2.19. The smallest absolute Gasteiger partial charge is 0.348 e. The third kappa shape index (κ3) is 3.38. The molecule has 0 spiro atoms. The fourth-order valence-electron chi connectivity index (χ4n) is 2.97. The summed E-state index contributed by atoms with van der Waals surface area (Å²) in [5, 5.41) is 0.421. The molecule has 28 heavy (non-hydrogen) atoms. The summed E-state index contributed by atoms with van der Waals surface area (Å²) in [6.45, 7) is 4.81. The van der Waals surface area contributed by atoms with Crippen LogP contribution in [0.4, 0.5) is 0 Å². The fourth-order valence-corrected chi connectivity index (χ4v) is 4.05. The van der Waals surface area contributed by atoms with Crippen molar-refractivity contribution in [2.24, 2.45) is 0 Å². The van der Waals surface area contributed by atoms with Gasteiger partial charge in [0.1, 0.15) is 28.7 Å². The van der Waals surface area contributed by atoms with Gasteiger partial charge in [0.15, 0.2) is 11.5 Å². The van der Waals surface area contributed by atoms with Crippen LogP contribution in [0.2, 0.25) is 0 Å². The van der Waals surface area contributed by atoms with E-state index in [1.807, 2.05) is 24.3 Å². The average Bonchev–Trinajstić information content (AvgIpc) is 3.03. The number of hydrogen-bond acceptors (Lipinski definition) is 7. The molecule has 0 saturated heterocycles. The van der Waals surface area contributed by atoms with E-state index in [-0.39, 0.29) is 12.2 Å². The lowest BCUT2D eigenvalue weighted by Crippen LogP contribution is -2.15. The van der Waals surface area contributed by atoms with E-state index < -0.39 is 5.97 Å². The minimum absolute atomic E-state index is 0.278. The Labute approximate surface area is 164 Å². The van der Waals surface area contributed by atoms with E-state index in [2.05, 4.69) is 9.97 Å². The number of aromatic amines is 1. The van der Waals surface area contributed by atoms with Crippen molar-refractivity contribution < 1.29 is 19.0 Å². The summed E-state index contributed by atoms with van der Waals surface area (Å²) in [7, 11) is 0. The Balaban J connectivity index is 1.67. The van der Waals surface area contributed by atoms with E-state index >= 15 is 0 Å². The van der Waals surface area contributed by atoms with Crippen molar-refractivity contribution in [2.75, 3.05) is 19.8 Å². The summed E-state index contributed by atoms with van der Waals surface area (Å²) in [6.07, 6.45) is 3.54. The first-order valence-corrected chi connectivity index (χ1v) is 9.66. The van der Waals surface area contributed by atoms with Crippen LogP contribution in [0.5, 0.6) is 11.5 Å². The molecule has 0 bridgehead atoms. The van der Waals surface area contributed by atoms with Crippen LogP contribution in [0.3, 0.4) is 0 Å². The third-order valence-corrected chi connectivity index (χ3v) is 5.45. The quantitative estimate of drug-likeness (QED) is 0.678. The van der Waals surface area contributed by atoms with E-state index in [9.17, 15) is 9.59 Å². The van der Waals surface area contributed by atoms with Gasteiger partial charge in [-0.3, -0.25) is 4.79 Å². The van der Waals surface area contributed by atoms with Crippen molar-refractivity contribution >= 4 is 39.7 Å². The largest absolute Gasteiger partial charge is 0.486 e. The normalized spacial score (nSPS) is 13.2. The fraction of sp³-hybridized carbons (Fsp3) is 0.250. The minimum atomic E-state index is -0.434. The van der Waals surface area contributed by atoms with E-state index in [1.165, 1.54) is 0 Å². The highest BCUT2D eigenvalue weighted by atomic mass is 32.1. The van der Waals surface area contributed by atoms with Gasteiger partial charge in [0.25, 0.3) is 5.56 Å². The lowest BCUT2D eigenvalue weighted by molar-refractivity contribution is 0.0531. The standard InChI is InChI=1S/C20H18N2O5S/c1-3-25-20(24)17-11(2)16-18(23)21-15(22-19(16)28-17)7-5-12-4-6-13-14(10-12)27-9-8-26-13/h4-7,10H,3,8-9H2,1-2H3,(H,21,22,23).